The Bertz CT molecular complexity index is 724. The van der Waals surface area contributed by atoms with Crippen LogP contribution in [0.3, 0.4) is 0 Å². The molecule has 0 aromatic heterocycles. The summed E-state index contributed by atoms with van der Waals surface area (Å²) >= 11 is 0. The Morgan fingerprint density at radius 3 is 2.00 bits per heavy atom. The van der Waals surface area contributed by atoms with Crippen molar-refractivity contribution in [2.75, 3.05) is 7.11 Å². The van der Waals surface area contributed by atoms with Crippen LogP contribution in [0.2, 0.25) is 0 Å². The van der Waals surface area contributed by atoms with Crippen LogP contribution in [0, 0.1) is 0 Å². The van der Waals surface area contributed by atoms with E-state index in [-0.39, 0.29) is 11.3 Å². The topological polar surface area (TPSA) is 50.7 Å². The molecule has 2 aromatic rings. The average molecular weight is 324 g/mol. The maximum absolute atomic E-state index is 12.1. The van der Waals surface area contributed by atoms with Gasteiger partial charge in [0.25, 0.3) is 5.91 Å². The fourth-order valence-electron chi connectivity index (χ4n) is 2.22. The number of rotatable bonds is 4. The van der Waals surface area contributed by atoms with Gasteiger partial charge in [0, 0.05) is 5.56 Å². The third-order valence-electron chi connectivity index (χ3n) is 3.85. The van der Waals surface area contributed by atoms with Gasteiger partial charge in [0.05, 0.1) is 12.8 Å². The second kappa shape index (κ2) is 7.30. The Hall–Kier alpha value is -2.62. The zero-order valence-electron chi connectivity index (χ0n) is 14.9. The van der Waals surface area contributed by atoms with Crippen molar-refractivity contribution in [2.45, 2.75) is 33.1 Å². The molecular formula is C20H24N2O2. The third-order valence-corrected chi connectivity index (χ3v) is 3.85. The minimum absolute atomic E-state index is 0.117. The van der Waals surface area contributed by atoms with Crippen LogP contribution in [0.25, 0.3) is 0 Å². The smallest absolute Gasteiger partial charge is 0.271 e. The number of nitrogens with zero attached hydrogens (tertiary/aromatic N) is 1. The van der Waals surface area contributed by atoms with Gasteiger partial charge in [-0.05, 0) is 47.7 Å². The van der Waals surface area contributed by atoms with Crippen molar-refractivity contribution < 1.29 is 9.53 Å². The number of nitrogens with one attached hydrogen (secondary N) is 1. The summed E-state index contributed by atoms with van der Waals surface area (Å²) in [6.45, 7) is 8.41. The molecule has 0 heterocycles. The zero-order valence-corrected chi connectivity index (χ0v) is 14.9. The number of benzene rings is 2. The fraction of sp³-hybridized carbons (Fsp3) is 0.300. The number of carbonyl (C=O) groups excluding carboxylic acids is 1. The molecule has 24 heavy (non-hydrogen) atoms. The van der Waals surface area contributed by atoms with Crippen LogP contribution in [0.15, 0.2) is 53.6 Å². The lowest BCUT2D eigenvalue weighted by atomic mass is 9.86. The van der Waals surface area contributed by atoms with E-state index in [2.05, 4.69) is 43.4 Å². The molecule has 0 aliphatic carbocycles. The molecule has 0 bridgehead atoms. The summed E-state index contributed by atoms with van der Waals surface area (Å²) in [5, 5.41) is 4.19. The molecule has 126 valence electrons. The standard InChI is InChI=1S/C20H24N2O2/c1-14(15-6-10-17(11-7-15)20(2,3)4)21-22-19(23)16-8-12-18(24-5)13-9-16/h6-13H,1-5H3,(H,22,23)/b21-14+. The number of amides is 1. The Kier molecular flexibility index (Phi) is 5.39. The van der Waals surface area contributed by atoms with E-state index in [0.717, 1.165) is 11.3 Å². The molecule has 1 amide bonds. The first kappa shape index (κ1) is 17.7. The molecular weight excluding hydrogens is 300 g/mol. The Labute approximate surface area is 143 Å². The zero-order chi connectivity index (χ0) is 17.7. The first-order chi connectivity index (χ1) is 11.3. The van der Waals surface area contributed by atoms with Gasteiger partial charge < -0.3 is 4.74 Å². The molecule has 1 N–H and O–H groups in total. The van der Waals surface area contributed by atoms with E-state index < -0.39 is 0 Å². The second-order valence-corrected chi connectivity index (χ2v) is 6.69. The molecule has 4 heteroatoms. The van der Waals surface area contributed by atoms with Gasteiger partial charge >= 0.3 is 0 Å². The highest BCUT2D eigenvalue weighted by Crippen LogP contribution is 2.22. The van der Waals surface area contributed by atoms with Crippen molar-refractivity contribution in [1.29, 1.82) is 0 Å². The van der Waals surface area contributed by atoms with Crippen LogP contribution in [0.4, 0.5) is 0 Å². The lowest BCUT2D eigenvalue weighted by Gasteiger charge is -2.19. The summed E-state index contributed by atoms with van der Waals surface area (Å²) in [6, 6.07) is 15.2. The van der Waals surface area contributed by atoms with Gasteiger partial charge in [0.15, 0.2) is 0 Å². The van der Waals surface area contributed by atoms with Gasteiger partial charge in [-0.15, -0.1) is 0 Å². The van der Waals surface area contributed by atoms with Gasteiger partial charge in [-0.2, -0.15) is 5.10 Å². The molecule has 2 rings (SSSR count). The molecule has 0 atom stereocenters. The number of carbonyl (C=O) groups is 1. The van der Waals surface area contributed by atoms with Crippen LogP contribution in [-0.4, -0.2) is 18.7 Å². The number of methoxy groups -OCH3 is 1. The molecule has 0 aliphatic heterocycles. The SMILES string of the molecule is COc1ccc(C(=O)N/N=C(\C)c2ccc(C(C)(C)C)cc2)cc1. The molecule has 0 saturated carbocycles. The largest absolute Gasteiger partial charge is 0.497 e. The summed E-state index contributed by atoms with van der Waals surface area (Å²) < 4.78 is 5.08. The van der Waals surface area contributed by atoms with Crippen molar-refractivity contribution in [1.82, 2.24) is 5.43 Å². The highest BCUT2D eigenvalue weighted by molar-refractivity contribution is 6.00. The molecule has 2 aromatic carbocycles. The summed E-state index contributed by atoms with van der Waals surface area (Å²) in [6.07, 6.45) is 0. The normalized spacial score (nSPS) is 12.0. The van der Waals surface area contributed by atoms with E-state index in [9.17, 15) is 4.79 Å². The van der Waals surface area contributed by atoms with E-state index in [1.807, 2.05) is 19.1 Å². The number of hydrogen-bond acceptors (Lipinski definition) is 3. The van der Waals surface area contributed by atoms with Crippen LogP contribution in [0.5, 0.6) is 5.75 Å². The van der Waals surface area contributed by atoms with E-state index in [1.54, 1.807) is 31.4 Å². The monoisotopic (exact) mass is 324 g/mol. The van der Waals surface area contributed by atoms with E-state index in [1.165, 1.54) is 5.56 Å². The summed E-state index contributed by atoms with van der Waals surface area (Å²) in [7, 11) is 1.59. The maximum Gasteiger partial charge on any atom is 0.271 e. The van der Waals surface area contributed by atoms with Gasteiger partial charge in [0.2, 0.25) is 0 Å². The Balaban J connectivity index is 2.06. The Morgan fingerprint density at radius 1 is 0.958 bits per heavy atom. The van der Waals surface area contributed by atoms with Crippen LogP contribution in [-0.2, 0) is 5.41 Å². The van der Waals surface area contributed by atoms with Crippen molar-refractivity contribution >= 4 is 11.6 Å². The first-order valence-electron chi connectivity index (χ1n) is 7.91. The molecule has 0 saturated heterocycles. The van der Waals surface area contributed by atoms with Crippen molar-refractivity contribution in [3.63, 3.8) is 0 Å². The lowest BCUT2D eigenvalue weighted by molar-refractivity contribution is 0.0955. The predicted octanol–water partition coefficient (Wildman–Crippen LogP) is 4.15. The summed E-state index contributed by atoms with van der Waals surface area (Å²) in [5.74, 6) is 0.466. The molecule has 0 fully saturated rings. The minimum Gasteiger partial charge on any atom is -0.497 e. The maximum atomic E-state index is 12.1. The van der Waals surface area contributed by atoms with E-state index in [0.29, 0.717) is 11.3 Å². The van der Waals surface area contributed by atoms with Gasteiger partial charge in [0.1, 0.15) is 5.75 Å². The van der Waals surface area contributed by atoms with Crippen LogP contribution < -0.4 is 10.2 Å². The molecule has 4 nitrogen and oxygen atoms in total. The average Bonchev–Trinajstić information content (AvgIpc) is 2.58. The summed E-state index contributed by atoms with van der Waals surface area (Å²) in [4.78, 5) is 12.1. The number of hydrogen-bond donors (Lipinski definition) is 1. The Morgan fingerprint density at radius 2 is 1.50 bits per heavy atom. The van der Waals surface area contributed by atoms with E-state index in [4.69, 9.17) is 4.74 Å². The third kappa shape index (κ3) is 4.44. The second-order valence-electron chi connectivity index (χ2n) is 6.69. The highest BCUT2D eigenvalue weighted by atomic mass is 16.5. The predicted molar refractivity (Wildman–Crippen MR) is 97.8 cm³/mol. The first-order valence-corrected chi connectivity index (χ1v) is 7.91. The van der Waals surface area contributed by atoms with Crippen molar-refractivity contribution in [2.24, 2.45) is 5.10 Å². The number of ether oxygens (including phenoxy) is 1. The van der Waals surface area contributed by atoms with Gasteiger partial charge in [-0.1, -0.05) is 45.0 Å². The van der Waals surface area contributed by atoms with Crippen molar-refractivity contribution in [3.8, 4) is 5.75 Å². The quantitative estimate of drug-likeness (QED) is 0.678. The number of hydrazone groups is 1. The molecule has 0 unspecified atom stereocenters. The van der Waals surface area contributed by atoms with Crippen LogP contribution in [0.1, 0.15) is 49.2 Å². The fourth-order valence-corrected chi connectivity index (χ4v) is 2.22. The van der Waals surface area contributed by atoms with Gasteiger partial charge in [-0.25, -0.2) is 5.43 Å². The highest BCUT2D eigenvalue weighted by Gasteiger charge is 2.13. The minimum atomic E-state index is -0.247. The lowest BCUT2D eigenvalue weighted by Crippen LogP contribution is -2.19. The van der Waals surface area contributed by atoms with Gasteiger partial charge in [-0.3, -0.25) is 4.79 Å². The molecule has 0 radical (unpaired) electrons. The molecule has 0 aliphatic rings. The van der Waals surface area contributed by atoms with Crippen LogP contribution >= 0.6 is 0 Å². The van der Waals surface area contributed by atoms with Crippen molar-refractivity contribution in [3.05, 3.63) is 65.2 Å². The van der Waals surface area contributed by atoms with E-state index >= 15 is 0 Å². The summed E-state index contributed by atoms with van der Waals surface area (Å²) in [5.41, 5.74) is 6.25. The molecule has 0 spiro atoms.